The summed E-state index contributed by atoms with van der Waals surface area (Å²) in [7, 11) is 0. The van der Waals surface area contributed by atoms with E-state index in [2.05, 4.69) is 64.5 Å². The van der Waals surface area contributed by atoms with Gasteiger partial charge in [0.25, 0.3) is 0 Å². The molecule has 0 amide bonds. The van der Waals surface area contributed by atoms with Gasteiger partial charge in [0.2, 0.25) is 0 Å². The number of benzene rings is 2. The van der Waals surface area contributed by atoms with Crippen molar-refractivity contribution in [1.29, 1.82) is 0 Å². The maximum atomic E-state index is 4.73. The van der Waals surface area contributed by atoms with Crippen molar-refractivity contribution in [2.75, 3.05) is 23.7 Å². The number of nitrogens with zero attached hydrogens (tertiary/aromatic N) is 3. The smallest absolute Gasteiger partial charge is 0.147 e. The highest BCUT2D eigenvalue weighted by atomic mass is 32.2. The molecule has 2 aliphatic rings. The van der Waals surface area contributed by atoms with Crippen molar-refractivity contribution in [3.05, 3.63) is 83.7 Å². The van der Waals surface area contributed by atoms with Gasteiger partial charge in [-0.15, -0.1) is 11.8 Å². The number of aryl methyl sites for hydroxylation is 1. The maximum Gasteiger partial charge on any atom is 0.147 e. The summed E-state index contributed by atoms with van der Waals surface area (Å²) in [5.41, 5.74) is 4.98. The van der Waals surface area contributed by atoms with Crippen molar-refractivity contribution in [1.82, 2.24) is 9.97 Å². The first-order valence-electron chi connectivity index (χ1n) is 10.6. The molecule has 1 aliphatic heterocycles. The molecule has 1 aliphatic carbocycles. The van der Waals surface area contributed by atoms with Crippen LogP contribution in [0.4, 0.5) is 5.82 Å². The van der Waals surface area contributed by atoms with Gasteiger partial charge >= 0.3 is 0 Å². The van der Waals surface area contributed by atoms with Gasteiger partial charge in [-0.2, -0.15) is 0 Å². The molecule has 3 nitrogen and oxygen atoms in total. The van der Waals surface area contributed by atoms with Gasteiger partial charge in [0, 0.05) is 18.8 Å². The second-order valence-corrected chi connectivity index (χ2v) is 9.52. The molecule has 2 aromatic carbocycles. The van der Waals surface area contributed by atoms with E-state index in [1.165, 1.54) is 31.2 Å². The third-order valence-corrected chi connectivity index (χ3v) is 7.41. The third kappa shape index (κ3) is 4.18. The summed E-state index contributed by atoms with van der Waals surface area (Å²) in [6.45, 7) is 2.17. The highest BCUT2D eigenvalue weighted by Crippen LogP contribution is 2.44. The summed E-state index contributed by atoms with van der Waals surface area (Å²) in [6, 6.07) is 19.6. The van der Waals surface area contributed by atoms with E-state index < -0.39 is 0 Å². The second kappa shape index (κ2) is 8.19. The molecule has 3 aromatic rings. The quantitative estimate of drug-likeness (QED) is 0.550. The molecule has 0 saturated carbocycles. The summed E-state index contributed by atoms with van der Waals surface area (Å²) in [5, 5.41) is 1.02. The van der Waals surface area contributed by atoms with Crippen molar-refractivity contribution in [2.45, 2.75) is 37.1 Å². The number of hydrogen-bond acceptors (Lipinski definition) is 4. The molecular formula is C25H27N3S. The first-order chi connectivity index (χ1) is 14.3. The van der Waals surface area contributed by atoms with E-state index in [-0.39, 0.29) is 0 Å². The first-order valence-corrected chi connectivity index (χ1v) is 11.6. The zero-order valence-electron chi connectivity index (χ0n) is 16.8. The van der Waals surface area contributed by atoms with Gasteiger partial charge in [0.1, 0.15) is 10.8 Å². The molecule has 5 rings (SSSR count). The number of anilines is 1. The molecule has 0 radical (unpaired) electrons. The highest BCUT2D eigenvalue weighted by Gasteiger charge is 2.39. The monoisotopic (exact) mass is 401 g/mol. The Hall–Kier alpha value is -2.33. The Morgan fingerprint density at radius 3 is 2.17 bits per heavy atom. The van der Waals surface area contributed by atoms with Gasteiger partial charge < -0.3 is 4.90 Å². The number of fused-ring (bicyclic) bond motifs is 1. The zero-order valence-corrected chi connectivity index (χ0v) is 17.6. The normalized spacial score (nSPS) is 17.4. The van der Waals surface area contributed by atoms with Crippen LogP contribution in [0.2, 0.25) is 0 Å². The minimum atomic E-state index is 0.473. The lowest BCUT2D eigenvalue weighted by atomic mass is 9.76. The van der Waals surface area contributed by atoms with Crippen LogP contribution in [0.1, 0.15) is 29.5 Å². The van der Waals surface area contributed by atoms with E-state index in [0.29, 0.717) is 5.41 Å². The van der Waals surface area contributed by atoms with E-state index in [9.17, 15) is 0 Å². The third-order valence-electron chi connectivity index (χ3n) is 6.50. The Kier molecular flexibility index (Phi) is 5.28. The average molecular weight is 402 g/mol. The molecule has 1 saturated heterocycles. The Balaban J connectivity index is 1.14. The van der Waals surface area contributed by atoms with Crippen LogP contribution >= 0.6 is 11.8 Å². The minimum absolute atomic E-state index is 0.473. The molecule has 29 heavy (non-hydrogen) atoms. The molecule has 0 bridgehead atoms. The fourth-order valence-electron chi connectivity index (χ4n) is 4.80. The fourth-order valence-corrected chi connectivity index (χ4v) is 5.60. The molecule has 1 spiro atoms. The summed E-state index contributed by atoms with van der Waals surface area (Å²) >= 11 is 1.79. The lowest BCUT2D eigenvalue weighted by Gasteiger charge is -2.39. The summed E-state index contributed by atoms with van der Waals surface area (Å²) in [4.78, 5) is 11.8. The van der Waals surface area contributed by atoms with E-state index in [4.69, 9.17) is 4.98 Å². The SMILES string of the molecule is c1ccc(CCSc2cnc(N3CCC4(CC3)Cc3ccccc3C4)cn2)cc1. The highest BCUT2D eigenvalue weighted by molar-refractivity contribution is 7.99. The predicted octanol–water partition coefficient (Wildman–Crippen LogP) is 5.20. The van der Waals surface area contributed by atoms with Crippen LogP contribution in [-0.2, 0) is 19.3 Å². The minimum Gasteiger partial charge on any atom is -0.355 e. The number of aromatic nitrogens is 2. The average Bonchev–Trinajstić information content (AvgIpc) is 3.13. The molecule has 0 N–H and O–H groups in total. The number of piperidine rings is 1. The van der Waals surface area contributed by atoms with Crippen molar-refractivity contribution < 1.29 is 0 Å². The van der Waals surface area contributed by atoms with Crippen LogP contribution < -0.4 is 4.90 Å². The molecule has 2 heterocycles. The van der Waals surface area contributed by atoms with Crippen LogP contribution in [0.5, 0.6) is 0 Å². The molecule has 0 unspecified atom stereocenters. The molecule has 148 valence electrons. The first kappa shape index (κ1) is 18.7. The van der Waals surface area contributed by atoms with Crippen molar-refractivity contribution in [3.63, 3.8) is 0 Å². The van der Waals surface area contributed by atoms with Crippen LogP contribution in [0, 0.1) is 5.41 Å². The lowest BCUT2D eigenvalue weighted by molar-refractivity contribution is 0.232. The van der Waals surface area contributed by atoms with Gasteiger partial charge in [0.15, 0.2) is 0 Å². The summed E-state index contributed by atoms with van der Waals surface area (Å²) in [6.07, 6.45) is 9.96. The van der Waals surface area contributed by atoms with Gasteiger partial charge in [-0.25, -0.2) is 9.97 Å². The van der Waals surface area contributed by atoms with Gasteiger partial charge in [-0.3, -0.25) is 0 Å². The van der Waals surface area contributed by atoms with Gasteiger partial charge in [-0.1, -0.05) is 54.6 Å². The largest absolute Gasteiger partial charge is 0.355 e. The summed E-state index contributed by atoms with van der Waals surface area (Å²) < 4.78 is 0. The standard InChI is InChI=1S/C25H27N3S/c1-2-6-20(7-3-1)10-15-29-24-19-26-23(18-27-24)28-13-11-25(12-14-28)16-21-8-4-5-9-22(21)17-25/h1-9,18-19H,10-17H2. The molecular weight excluding hydrogens is 374 g/mol. The van der Waals surface area contributed by atoms with E-state index >= 15 is 0 Å². The summed E-state index contributed by atoms with van der Waals surface area (Å²) in [5.74, 6) is 2.06. The molecule has 4 heteroatoms. The number of hydrogen-bond donors (Lipinski definition) is 0. The Bertz CT molecular complexity index is 920. The van der Waals surface area contributed by atoms with E-state index in [0.717, 1.165) is 36.1 Å². The predicted molar refractivity (Wildman–Crippen MR) is 121 cm³/mol. The van der Waals surface area contributed by atoms with Crippen molar-refractivity contribution >= 4 is 17.6 Å². The Morgan fingerprint density at radius 1 is 0.828 bits per heavy atom. The van der Waals surface area contributed by atoms with Crippen LogP contribution in [0.25, 0.3) is 0 Å². The lowest BCUT2D eigenvalue weighted by Crippen LogP contribution is -2.41. The maximum absolute atomic E-state index is 4.73. The molecule has 1 aromatic heterocycles. The van der Waals surface area contributed by atoms with Crippen LogP contribution in [0.15, 0.2) is 72.0 Å². The second-order valence-electron chi connectivity index (χ2n) is 8.41. The zero-order chi connectivity index (χ0) is 19.5. The van der Waals surface area contributed by atoms with Crippen molar-refractivity contribution in [2.24, 2.45) is 5.41 Å². The fraction of sp³-hybridized carbons (Fsp3) is 0.360. The topological polar surface area (TPSA) is 29.0 Å². The number of rotatable bonds is 5. The van der Waals surface area contributed by atoms with Gasteiger partial charge in [0.05, 0.1) is 12.4 Å². The number of thioether (sulfide) groups is 1. The van der Waals surface area contributed by atoms with E-state index in [1.807, 2.05) is 12.4 Å². The van der Waals surface area contributed by atoms with Gasteiger partial charge in [-0.05, 0) is 54.2 Å². The van der Waals surface area contributed by atoms with Crippen LogP contribution in [0.3, 0.4) is 0 Å². The Morgan fingerprint density at radius 2 is 1.52 bits per heavy atom. The Labute approximate surface area is 177 Å². The van der Waals surface area contributed by atoms with E-state index in [1.54, 1.807) is 22.9 Å². The molecule has 1 fully saturated rings. The molecule has 0 atom stereocenters. The van der Waals surface area contributed by atoms with Crippen LogP contribution in [-0.4, -0.2) is 28.8 Å². The van der Waals surface area contributed by atoms with Crippen molar-refractivity contribution in [3.8, 4) is 0 Å².